The van der Waals surface area contributed by atoms with E-state index in [0.29, 0.717) is 82.0 Å². The number of piperidine rings is 2. The minimum Gasteiger partial charge on any atom is -0.480 e. The molecule has 494 valence electrons. The molecule has 2 fully saturated rings. The number of carboxylic acid groups (broad SMARTS) is 1. The molecule has 0 radical (unpaired) electrons. The lowest BCUT2D eigenvalue weighted by molar-refractivity contribution is -0.161. The fourth-order valence-corrected chi connectivity index (χ4v) is 10.2. The lowest BCUT2D eigenvalue weighted by Gasteiger charge is -2.37. The molecule has 6 aromatic heterocycles. The van der Waals surface area contributed by atoms with Crippen LogP contribution in [-0.2, 0) is 30.2 Å². The van der Waals surface area contributed by atoms with E-state index in [-0.39, 0.29) is 45.5 Å². The first kappa shape index (κ1) is 74.2. The summed E-state index contributed by atoms with van der Waals surface area (Å²) in [6.07, 6.45) is 14.9. The van der Waals surface area contributed by atoms with Gasteiger partial charge >= 0.3 is 11.9 Å². The Morgan fingerprint density at radius 3 is 1.36 bits per heavy atom. The maximum Gasteiger partial charge on any atom is 0.332 e. The van der Waals surface area contributed by atoms with Crippen molar-refractivity contribution in [3.05, 3.63) is 220 Å². The highest BCUT2D eigenvalue weighted by Crippen LogP contribution is 2.37. The molecule has 2 aliphatic heterocycles. The van der Waals surface area contributed by atoms with E-state index >= 15 is 4.39 Å². The second-order valence-corrected chi connectivity index (χ2v) is 24.0. The first-order chi connectivity index (χ1) is 45.2. The fraction of sp³-hybridized carbons (Fsp3) is 0.284. The number of hydrogen-bond acceptors (Lipinski definition) is 18. The van der Waals surface area contributed by atoms with Crippen molar-refractivity contribution in [1.82, 2.24) is 39.9 Å². The fourth-order valence-electron chi connectivity index (χ4n) is 9.50. The number of rotatable bonds is 18. The number of alkyl halides is 2. The first-order valence-electron chi connectivity index (χ1n) is 29.4. The van der Waals surface area contributed by atoms with E-state index < -0.39 is 35.5 Å². The summed E-state index contributed by atoms with van der Waals surface area (Å²) >= 11 is 28.1. The number of pyridine rings is 4. The molecule has 19 nitrogen and oxygen atoms in total. The second-order valence-electron chi connectivity index (χ2n) is 22.2. The van der Waals surface area contributed by atoms with Crippen molar-refractivity contribution in [3.8, 4) is 0 Å². The molecule has 0 bridgehead atoms. The van der Waals surface area contributed by atoms with Crippen LogP contribution in [0.1, 0.15) is 57.7 Å². The molecule has 11 rings (SSSR count). The molecular formula is C67H69Cl4F2I2N13O6. The van der Waals surface area contributed by atoms with Crippen LogP contribution in [0.25, 0.3) is 0 Å². The van der Waals surface area contributed by atoms with Crippen LogP contribution in [0.2, 0.25) is 20.1 Å². The third kappa shape index (κ3) is 24.5. The van der Waals surface area contributed by atoms with E-state index in [0.717, 1.165) is 28.5 Å². The zero-order chi connectivity index (χ0) is 67.5. The van der Waals surface area contributed by atoms with Crippen LogP contribution in [0.4, 0.5) is 60.9 Å². The number of carbonyl (C=O) groups excluding carboxylic acids is 1. The van der Waals surface area contributed by atoms with E-state index in [1.165, 1.54) is 5.56 Å². The van der Waals surface area contributed by atoms with Crippen molar-refractivity contribution in [3.63, 3.8) is 0 Å². The Labute approximate surface area is 588 Å². The summed E-state index contributed by atoms with van der Waals surface area (Å²) in [5.41, 5.74) is 5.53. The Morgan fingerprint density at radius 1 is 0.564 bits per heavy atom. The number of ether oxygens (including phenoxy) is 3. The topological polar surface area (TPSA) is 224 Å². The van der Waals surface area contributed by atoms with Crippen LogP contribution in [0, 0.1) is 0 Å². The minimum atomic E-state index is -1.56. The summed E-state index contributed by atoms with van der Waals surface area (Å²) in [7, 11) is 0. The monoisotopic (exact) mass is 1580 g/mol. The molecule has 2 aliphatic rings. The van der Waals surface area contributed by atoms with Crippen LogP contribution in [0.5, 0.6) is 0 Å². The van der Waals surface area contributed by atoms with Crippen molar-refractivity contribution in [2.24, 2.45) is 0 Å². The quantitative estimate of drug-likeness (QED) is 0.0602. The van der Waals surface area contributed by atoms with Crippen molar-refractivity contribution in [2.45, 2.75) is 69.8 Å². The number of nitrogens with two attached hydrogens (primary N) is 1. The van der Waals surface area contributed by atoms with Gasteiger partial charge in [0.2, 0.25) is 0 Å². The van der Waals surface area contributed by atoms with Crippen molar-refractivity contribution < 1.29 is 37.7 Å². The number of nitrogen functional groups attached to an aromatic ring is 1. The van der Waals surface area contributed by atoms with E-state index in [2.05, 4.69) is 79.3 Å². The highest BCUT2D eigenvalue weighted by molar-refractivity contribution is 15.0. The first-order valence-corrected chi connectivity index (χ1v) is 37.2. The predicted octanol–water partition coefficient (Wildman–Crippen LogP) is 16.5. The number of anilines is 9. The second kappa shape index (κ2) is 37.2. The van der Waals surface area contributed by atoms with Gasteiger partial charge in [0, 0.05) is 170 Å². The van der Waals surface area contributed by atoms with E-state index in [1.807, 2.05) is 105 Å². The summed E-state index contributed by atoms with van der Waals surface area (Å²) < 4.78 is 45.9. The Kier molecular flexibility index (Phi) is 29.3. The van der Waals surface area contributed by atoms with Crippen LogP contribution in [0.15, 0.2) is 189 Å². The molecule has 0 amide bonds. The number of aromatic nitrogens is 8. The minimum absolute atomic E-state index is 0.159. The van der Waals surface area contributed by atoms with Crippen LogP contribution < -0.4 is 25.3 Å². The number of nitrogens with zero attached hydrogens (tertiary/aromatic N) is 12. The van der Waals surface area contributed by atoms with Gasteiger partial charge in [-0.25, -0.2) is 43.3 Å². The number of benzene rings is 3. The lowest BCUT2D eigenvalue weighted by Crippen LogP contribution is -2.45. The Bertz CT molecular complexity index is 3780. The molecule has 0 saturated carbocycles. The summed E-state index contributed by atoms with van der Waals surface area (Å²) in [5, 5.41) is 11.1. The number of esters is 1. The Hall–Kier alpha value is -7.24. The molecule has 0 atom stereocenters. The van der Waals surface area contributed by atoms with E-state index in [1.54, 1.807) is 113 Å². The molecule has 0 spiro atoms. The van der Waals surface area contributed by atoms with E-state index in [9.17, 15) is 14.0 Å². The van der Waals surface area contributed by atoms with Gasteiger partial charge in [0.05, 0.1) is 38.0 Å². The smallest absolute Gasteiger partial charge is 0.332 e. The maximum atomic E-state index is 15.4. The number of carboxylic acids is 1. The average molecular weight is 1590 g/mol. The third-order valence-corrected chi connectivity index (χ3v) is 14.8. The zero-order valence-electron chi connectivity index (χ0n) is 51.5. The van der Waals surface area contributed by atoms with Gasteiger partial charge in [-0.1, -0.05) is 113 Å². The third-order valence-electron chi connectivity index (χ3n) is 13.9. The molecule has 94 heavy (non-hydrogen) atoms. The number of carbonyl (C=O) groups is 2. The van der Waals surface area contributed by atoms with E-state index in [4.69, 9.17) is 81.4 Å². The van der Waals surface area contributed by atoms with Crippen molar-refractivity contribution >= 4 is 148 Å². The predicted molar refractivity (Wildman–Crippen MR) is 385 cm³/mol. The molecule has 3 N–H and O–H groups in total. The molecule has 3 aromatic carbocycles. The average Bonchev–Trinajstić information content (AvgIpc) is 0.845. The summed E-state index contributed by atoms with van der Waals surface area (Å²) in [6.45, 7) is 5.85. The highest BCUT2D eigenvalue weighted by Gasteiger charge is 2.37. The van der Waals surface area contributed by atoms with Gasteiger partial charge < -0.3 is 34.9 Å². The lowest BCUT2D eigenvalue weighted by atomic mass is 9.94. The van der Waals surface area contributed by atoms with Gasteiger partial charge in [-0.3, -0.25) is 24.8 Å². The zero-order valence-corrected chi connectivity index (χ0v) is 58.9. The van der Waals surface area contributed by atoms with Gasteiger partial charge in [-0.05, 0) is 87.0 Å². The van der Waals surface area contributed by atoms with Gasteiger partial charge in [0.1, 0.15) is 59.2 Å². The van der Waals surface area contributed by atoms with Crippen LogP contribution in [-0.4, -0.2) is 126 Å². The summed E-state index contributed by atoms with van der Waals surface area (Å²) in [4.78, 5) is 65.4. The van der Waals surface area contributed by atoms with Gasteiger partial charge in [0.15, 0.2) is 11.6 Å². The normalized spacial score (nSPS) is 13.7. The molecule has 0 aliphatic carbocycles. The molecule has 9 aromatic rings. The number of hydrogen-bond donors (Lipinski definition) is 2. The maximum absolute atomic E-state index is 15.4. The van der Waals surface area contributed by atoms with Gasteiger partial charge in [-0.15, -0.1) is 0 Å². The SMILES string of the molecule is CC(C)(C)OC(=O)COCC1(F)CCN(c2cncc(N(c3ccccc3)c3cc(Cl)ccn3)n2)CC1.Clc1ccnc(Cc2ccccc2)c1.II.Nc1cc(Cl)ccn1.O=C(O)COCC1(F)CCN(c2cncc(N(c3ccccc3)c3cc(Cl)ccn3)n2)CC1. The van der Waals surface area contributed by atoms with Crippen molar-refractivity contribution in [1.29, 1.82) is 0 Å². The molecule has 0 unspecified atom stereocenters. The summed E-state index contributed by atoms with van der Waals surface area (Å²) in [5.74, 6) is 2.41. The largest absolute Gasteiger partial charge is 0.480 e. The Morgan fingerprint density at radius 2 is 0.968 bits per heavy atom. The Balaban J connectivity index is 0.000000198. The number of para-hydroxylation sites is 2. The van der Waals surface area contributed by atoms with Crippen LogP contribution >= 0.6 is 83.6 Å². The number of aliphatic carboxylic acids is 1. The standard InChI is InChI=1S/C27H31ClFN5O3.C23H23ClFN5O3.C12H10ClN.C5H5ClN2.I2/c1-26(2,3)37-25(35)18-36-19-27(29)10-13-33(14-11-27)23-16-30-17-24(32-23)34(21-7-5-4-6-8-21)22-15-20(28)9-12-31-22;24-17-6-9-27-19(12-17)30(18-4-2-1-3-5-18)21-14-26-13-20(28-21)29-10-7-23(25,8-11-29)16-33-15-22(31)32;13-11-6-7-14-12(9-11)8-10-4-2-1-3-5-10;6-4-1-2-8-5(7)3-4;1-2/h4-9,12,15-17H,10-11,13-14,18-19H2,1-3H3;1-6,9,12-14H,7-8,10-11,15-16H2,(H,31,32);1-7,9H,8H2;1-3H,(H2,7,8);. The van der Waals surface area contributed by atoms with Gasteiger partial charge in [0.25, 0.3) is 0 Å². The highest BCUT2D eigenvalue weighted by atomic mass is 128. The van der Waals surface area contributed by atoms with Crippen molar-refractivity contribution in [2.75, 3.05) is 77.9 Å². The molecule has 8 heterocycles. The van der Waals surface area contributed by atoms with Gasteiger partial charge in [-0.2, -0.15) is 0 Å². The molecule has 2 saturated heterocycles. The van der Waals surface area contributed by atoms with Crippen LogP contribution in [0.3, 0.4) is 0 Å². The number of halogens is 8. The summed E-state index contributed by atoms with van der Waals surface area (Å²) in [6, 6.07) is 43.5. The molecular weight excluding hydrogens is 1520 g/mol. The molecule has 27 heteroatoms.